The van der Waals surface area contributed by atoms with Gasteiger partial charge in [-0.25, -0.2) is 4.99 Å². The topological polar surface area (TPSA) is 24.4 Å². The molecule has 0 bridgehead atoms. The minimum atomic E-state index is -4.39. The lowest BCUT2D eigenvalue weighted by atomic mass is 10.1. The smallest absolute Gasteiger partial charge is 0.344 e. The number of hydrogen-bond acceptors (Lipinski definition) is 1. The molecule has 0 spiro atoms. The number of alkyl halides is 3. The normalized spacial score (nSPS) is 13.2. The fourth-order valence-electron chi connectivity index (χ4n) is 2.16. The van der Waals surface area contributed by atoms with Crippen molar-refractivity contribution in [2.24, 2.45) is 4.99 Å². The number of allylic oxidation sites excluding steroid dienone is 4. The summed E-state index contributed by atoms with van der Waals surface area (Å²) in [6, 6.07) is 5.40. The van der Waals surface area contributed by atoms with Crippen LogP contribution < -0.4 is 5.32 Å². The molecular weight excluding hydrogens is 361 g/mol. The summed E-state index contributed by atoms with van der Waals surface area (Å²) in [4.78, 5) is 4.32. The van der Waals surface area contributed by atoms with Crippen LogP contribution in [-0.2, 0) is 0 Å². The van der Waals surface area contributed by atoms with E-state index in [1.165, 1.54) is 6.08 Å². The van der Waals surface area contributed by atoms with Crippen molar-refractivity contribution < 1.29 is 13.2 Å². The molecule has 0 unspecified atom stereocenters. The Morgan fingerprint density at radius 1 is 1.27 bits per heavy atom. The van der Waals surface area contributed by atoms with Crippen LogP contribution in [0.3, 0.4) is 0 Å². The molecule has 0 aliphatic rings. The first-order valence-electron chi connectivity index (χ1n) is 7.96. The van der Waals surface area contributed by atoms with Crippen LogP contribution in [0.5, 0.6) is 0 Å². The second kappa shape index (κ2) is 9.43. The fourth-order valence-corrected chi connectivity index (χ4v) is 2.33. The standard InChI is InChI=1S/C20H22ClF3N2/c1-6-7-17(20(22,23)24)10-9-14(3)25-16(5)26-15(4)19-12-18(21)11-8-13(19)2/h7-12H,3-4,6H2,1-2,5H3,(H,25,26)/b10-9-,17-7+. The van der Waals surface area contributed by atoms with E-state index in [4.69, 9.17) is 11.6 Å². The monoisotopic (exact) mass is 382 g/mol. The molecule has 140 valence electrons. The highest BCUT2D eigenvalue weighted by Crippen LogP contribution is 2.27. The minimum absolute atomic E-state index is 0.285. The van der Waals surface area contributed by atoms with E-state index in [1.54, 1.807) is 26.0 Å². The predicted molar refractivity (Wildman–Crippen MR) is 104 cm³/mol. The molecule has 0 amide bonds. The van der Waals surface area contributed by atoms with E-state index >= 15 is 0 Å². The van der Waals surface area contributed by atoms with Crippen LogP contribution in [-0.4, -0.2) is 12.0 Å². The number of benzene rings is 1. The summed E-state index contributed by atoms with van der Waals surface area (Å²) in [5.41, 5.74) is 1.83. The van der Waals surface area contributed by atoms with Crippen molar-refractivity contribution in [3.63, 3.8) is 0 Å². The van der Waals surface area contributed by atoms with Crippen LogP contribution in [0, 0.1) is 6.92 Å². The SMILES string of the molecule is C=C(/C=C\C(=C/CC)C(F)(F)F)NC(C)=NC(=C)c1cc(Cl)ccc1C. The summed E-state index contributed by atoms with van der Waals surface area (Å²) in [5, 5.41) is 3.42. The quantitative estimate of drug-likeness (QED) is 0.334. The van der Waals surface area contributed by atoms with E-state index < -0.39 is 11.7 Å². The predicted octanol–water partition coefficient (Wildman–Crippen LogP) is 6.60. The number of halogens is 4. The highest BCUT2D eigenvalue weighted by Gasteiger charge is 2.31. The Labute approximate surface area is 157 Å². The van der Waals surface area contributed by atoms with Crippen molar-refractivity contribution in [1.29, 1.82) is 0 Å². The minimum Gasteiger partial charge on any atom is -0.344 e. The Kier molecular flexibility index (Phi) is 7.90. The van der Waals surface area contributed by atoms with E-state index in [1.807, 2.05) is 13.0 Å². The van der Waals surface area contributed by atoms with Gasteiger partial charge in [0.2, 0.25) is 0 Å². The number of hydrogen-bond donors (Lipinski definition) is 1. The van der Waals surface area contributed by atoms with Gasteiger partial charge in [-0.15, -0.1) is 0 Å². The molecule has 0 saturated carbocycles. The maximum atomic E-state index is 12.8. The lowest BCUT2D eigenvalue weighted by molar-refractivity contribution is -0.0884. The average molecular weight is 383 g/mol. The summed E-state index contributed by atoms with van der Waals surface area (Å²) < 4.78 is 38.5. The van der Waals surface area contributed by atoms with Gasteiger partial charge >= 0.3 is 6.18 Å². The van der Waals surface area contributed by atoms with E-state index in [2.05, 4.69) is 23.5 Å². The zero-order valence-electron chi connectivity index (χ0n) is 15.0. The summed E-state index contributed by atoms with van der Waals surface area (Å²) in [5.74, 6) is 0.456. The molecule has 1 aromatic carbocycles. The third kappa shape index (κ3) is 6.92. The van der Waals surface area contributed by atoms with E-state index in [0.29, 0.717) is 23.0 Å². The molecule has 0 saturated heterocycles. The lowest BCUT2D eigenvalue weighted by Gasteiger charge is -2.10. The van der Waals surface area contributed by atoms with Crippen LogP contribution in [0.2, 0.25) is 5.02 Å². The summed E-state index contributed by atoms with van der Waals surface area (Å²) in [7, 11) is 0. The van der Waals surface area contributed by atoms with Crippen LogP contribution in [0.1, 0.15) is 31.4 Å². The summed E-state index contributed by atoms with van der Waals surface area (Å²) >= 11 is 5.99. The highest BCUT2D eigenvalue weighted by atomic mass is 35.5. The van der Waals surface area contributed by atoms with Gasteiger partial charge in [-0.05, 0) is 50.1 Å². The van der Waals surface area contributed by atoms with E-state index in [-0.39, 0.29) is 5.70 Å². The van der Waals surface area contributed by atoms with Crippen LogP contribution in [0.25, 0.3) is 5.70 Å². The van der Waals surface area contributed by atoms with Crippen LogP contribution >= 0.6 is 11.6 Å². The fraction of sp³-hybridized carbons (Fsp3) is 0.250. The second-order valence-electron chi connectivity index (χ2n) is 5.65. The molecule has 0 aliphatic heterocycles. The molecule has 2 nitrogen and oxygen atoms in total. The average Bonchev–Trinajstić information content (AvgIpc) is 2.52. The Morgan fingerprint density at radius 3 is 2.50 bits per heavy atom. The van der Waals surface area contributed by atoms with Crippen molar-refractivity contribution in [1.82, 2.24) is 5.32 Å². The van der Waals surface area contributed by atoms with Crippen molar-refractivity contribution in [2.75, 3.05) is 0 Å². The third-order valence-electron chi connectivity index (χ3n) is 3.37. The van der Waals surface area contributed by atoms with E-state index in [0.717, 1.165) is 23.3 Å². The number of nitrogens with one attached hydrogen (secondary N) is 1. The number of aliphatic imine (C=N–C) groups is 1. The molecular formula is C20H22ClF3N2. The van der Waals surface area contributed by atoms with Crippen LogP contribution in [0.15, 0.2) is 65.8 Å². The number of rotatable bonds is 6. The van der Waals surface area contributed by atoms with Crippen molar-refractivity contribution in [3.05, 3.63) is 77.0 Å². The zero-order valence-corrected chi connectivity index (χ0v) is 15.8. The Balaban J connectivity index is 2.84. The van der Waals surface area contributed by atoms with E-state index in [9.17, 15) is 13.2 Å². The van der Waals surface area contributed by atoms with Gasteiger partial charge in [0.25, 0.3) is 0 Å². The first-order valence-corrected chi connectivity index (χ1v) is 8.34. The maximum Gasteiger partial charge on any atom is 0.416 e. The summed E-state index contributed by atoms with van der Waals surface area (Å²) in [6.07, 6.45) is -0.732. The maximum absolute atomic E-state index is 12.8. The lowest BCUT2D eigenvalue weighted by Crippen LogP contribution is -2.18. The van der Waals surface area contributed by atoms with Gasteiger partial charge in [0, 0.05) is 16.3 Å². The molecule has 0 aromatic heterocycles. The third-order valence-corrected chi connectivity index (χ3v) is 3.61. The molecule has 1 N–H and O–H groups in total. The first-order chi connectivity index (χ1) is 12.0. The Hall–Kier alpha value is -2.27. The molecule has 1 aromatic rings. The van der Waals surface area contributed by atoms with Gasteiger partial charge < -0.3 is 5.32 Å². The van der Waals surface area contributed by atoms with Gasteiger partial charge in [0.1, 0.15) is 5.84 Å². The molecule has 0 fully saturated rings. The van der Waals surface area contributed by atoms with Gasteiger partial charge in [-0.3, -0.25) is 0 Å². The summed E-state index contributed by atoms with van der Waals surface area (Å²) in [6.45, 7) is 12.8. The van der Waals surface area contributed by atoms with Gasteiger partial charge in [0.15, 0.2) is 0 Å². The van der Waals surface area contributed by atoms with Gasteiger partial charge in [0.05, 0.1) is 11.3 Å². The number of amidine groups is 1. The molecule has 1 rings (SSSR count). The number of nitrogens with zero attached hydrogens (tertiary/aromatic N) is 1. The number of aryl methyl sites for hydroxylation is 1. The molecule has 0 atom stereocenters. The Bertz CT molecular complexity index is 772. The van der Waals surface area contributed by atoms with Crippen LogP contribution in [0.4, 0.5) is 13.2 Å². The van der Waals surface area contributed by atoms with Crippen molar-refractivity contribution in [2.45, 2.75) is 33.4 Å². The Morgan fingerprint density at radius 2 is 1.92 bits per heavy atom. The highest BCUT2D eigenvalue weighted by molar-refractivity contribution is 6.30. The molecule has 6 heteroatoms. The van der Waals surface area contributed by atoms with Crippen molar-refractivity contribution in [3.8, 4) is 0 Å². The first kappa shape index (κ1) is 21.8. The largest absolute Gasteiger partial charge is 0.416 e. The molecule has 26 heavy (non-hydrogen) atoms. The molecule has 0 radical (unpaired) electrons. The van der Waals surface area contributed by atoms with Gasteiger partial charge in [-0.1, -0.05) is 43.8 Å². The van der Waals surface area contributed by atoms with Gasteiger partial charge in [-0.2, -0.15) is 13.2 Å². The molecule has 0 aliphatic carbocycles. The van der Waals surface area contributed by atoms with Crippen molar-refractivity contribution >= 4 is 23.1 Å². The second-order valence-corrected chi connectivity index (χ2v) is 6.09. The zero-order chi connectivity index (χ0) is 19.9. The molecule has 0 heterocycles.